The van der Waals surface area contributed by atoms with Gasteiger partial charge < -0.3 is 20.8 Å². The average Bonchev–Trinajstić information content (AvgIpc) is 3.24. The van der Waals surface area contributed by atoms with Crippen molar-refractivity contribution < 1.29 is 23.5 Å². The molecule has 138 valence electrons. The first kappa shape index (κ1) is 18.0. The topological polar surface area (TPSA) is 112 Å². The molecule has 3 amide bonds. The molecular formula is C15H16FN5O4S. The van der Waals surface area contributed by atoms with Gasteiger partial charge in [-0.1, -0.05) is 0 Å². The number of ether oxygens (including phenoxy) is 1. The number of carbonyl (C=O) groups excluding carboxylic acids is 3. The lowest BCUT2D eigenvalue weighted by atomic mass is 10.2. The second kappa shape index (κ2) is 7.62. The van der Waals surface area contributed by atoms with Crippen molar-refractivity contribution in [1.29, 1.82) is 0 Å². The Labute approximate surface area is 152 Å². The van der Waals surface area contributed by atoms with Crippen molar-refractivity contribution in [3.05, 3.63) is 35.1 Å². The van der Waals surface area contributed by atoms with Crippen LogP contribution in [0, 0.1) is 5.82 Å². The first-order chi connectivity index (χ1) is 12.4. The second-order valence-electron chi connectivity index (χ2n) is 5.55. The summed E-state index contributed by atoms with van der Waals surface area (Å²) < 4.78 is 19.5. The zero-order valence-electron chi connectivity index (χ0n) is 13.7. The van der Waals surface area contributed by atoms with Gasteiger partial charge in [0.2, 0.25) is 5.91 Å². The molecule has 0 aromatic heterocycles. The van der Waals surface area contributed by atoms with Gasteiger partial charge in [0.25, 0.3) is 5.91 Å². The van der Waals surface area contributed by atoms with Crippen LogP contribution in [-0.2, 0) is 14.3 Å². The van der Waals surface area contributed by atoms with Gasteiger partial charge in [0.15, 0.2) is 0 Å². The molecule has 2 aliphatic rings. The summed E-state index contributed by atoms with van der Waals surface area (Å²) >= 11 is 1.19. The van der Waals surface area contributed by atoms with Crippen molar-refractivity contribution in [2.24, 2.45) is 0 Å². The molecule has 0 radical (unpaired) electrons. The zero-order valence-corrected chi connectivity index (χ0v) is 14.5. The number of benzene rings is 1. The molecule has 0 aliphatic carbocycles. The molecule has 0 bridgehead atoms. The lowest BCUT2D eigenvalue weighted by molar-refractivity contribution is -0.119. The minimum atomic E-state index is -0.687. The van der Waals surface area contributed by atoms with Crippen molar-refractivity contribution in [1.82, 2.24) is 15.6 Å². The Morgan fingerprint density at radius 3 is 2.92 bits per heavy atom. The Morgan fingerprint density at radius 1 is 1.46 bits per heavy atom. The van der Waals surface area contributed by atoms with E-state index in [-0.39, 0.29) is 30.4 Å². The van der Waals surface area contributed by atoms with Crippen molar-refractivity contribution in [3.8, 4) is 0 Å². The molecule has 0 unspecified atom stereocenters. The summed E-state index contributed by atoms with van der Waals surface area (Å²) in [5.41, 5.74) is 3.17. The molecule has 4 N–H and O–H groups in total. The van der Waals surface area contributed by atoms with Crippen LogP contribution in [0.5, 0.6) is 0 Å². The molecule has 9 nitrogen and oxygen atoms in total. The fourth-order valence-electron chi connectivity index (χ4n) is 2.37. The van der Waals surface area contributed by atoms with Gasteiger partial charge in [0.05, 0.1) is 24.5 Å². The molecule has 1 atom stereocenters. The molecule has 1 fully saturated rings. The molecule has 0 saturated carbocycles. The third kappa shape index (κ3) is 4.06. The van der Waals surface area contributed by atoms with E-state index in [1.54, 1.807) is 5.41 Å². The summed E-state index contributed by atoms with van der Waals surface area (Å²) in [6.45, 7) is 1.73. The minimum absolute atomic E-state index is 0.0132. The molecule has 1 aromatic rings. The van der Waals surface area contributed by atoms with E-state index in [1.807, 2.05) is 0 Å². The Balaban J connectivity index is 1.66. The van der Waals surface area contributed by atoms with E-state index in [0.717, 1.165) is 6.07 Å². The van der Waals surface area contributed by atoms with Crippen LogP contribution in [-0.4, -0.2) is 37.1 Å². The number of carbonyl (C=O) groups is 3. The van der Waals surface area contributed by atoms with Crippen molar-refractivity contribution in [2.45, 2.75) is 13.0 Å². The van der Waals surface area contributed by atoms with E-state index in [0.29, 0.717) is 5.69 Å². The molecule has 2 aliphatic heterocycles. The lowest BCUT2D eigenvalue weighted by Gasteiger charge is -2.15. The predicted octanol–water partition coefficient (Wildman–Crippen LogP) is 0.823. The van der Waals surface area contributed by atoms with Gasteiger partial charge in [0, 0.05) is 12.3 Å². The van der Waals surface area contributed by atoms with Gasteiger partial charge in [-0.2, -0.15) is 4.83 Å². The summed E-state index contributed by atoms with van der Waals surface area (Å²) in [6.07, 6.45) is -1.14. The highest BCUT2D eigenvalue weighted by molar-refractivity contribution is 8.00. The Kier molecular flexibility index (Phi) is 5.28. The van der Waals surface area contributed by atoms with E-state index in [1.165, 1.54) is 35.9 Å². The lowest BCUT2D eigenvalue weighted by Crippen LogP contribution is -2.33. The van der Waals surface area contributed by atoms with Crippen LogP contribution in [0.25, 0.3) is 0 Å². The minimum Gasteiger partial charge on any atom is -0.442 e. The highest BCUT2D eigenvalue weighted by Gasteiger charge is 2.32. The first-order valence-electron chi connectivity index (χ1n) is 7.64. The highest BCUT2D eigenvalue weighted by Crippen LogP contribution is 2.26. The number of anilines is 2. The maximum absolute atomic E-state index is 14.3. The fraction of sp³-hybridized carbons (Fsp3) is 0.267. The molecule has 0 spiro atoms. The largest absolute Gasteiger partial charge is 0.442 e. The zero-order chi connectivity index (χ0) is 18.7. The van der Waals surface area contributed by atoms with Crippen LogP contribution < -0.4 is 25.8 Å². The van der Waals surface area contributed by atoms with Gasteiger partial charge in [-0.25, -0.2) is 9.18 Å². The molecule has 11 heteroatoms. The Hall–Kier alpha value is -2.79. The summed E-state index contributed by atoms with van der Waals surface area (Å²) in [7, 11) is 0. The Morgan fingerprint density at radius 2 is 2.27 bits per heavy atom. The van der Waals surface area contributed by atoms with Gasteiger partial charge in [-0.3, -0.25) is 14.5 Å². The first-order valence-corrected chi connectivity index (χ1v) is 8.52. The molecule has 3 rings (SSSR count). The highest BCUT2D eigenvalue weighted by atomic mass is 32.2. The van der Waals surface area contributed by atoms with Crippen LogP contribution in [0.4, 0.5) is 20.6 Å². The summed E-state index contributed by atoms with van der Waals surface area (Å²) in [5, 5.41) is 6.56. The van der Waals surface area contributed by atoms with E-state index in [9.17, 15) is 18.8 Å². The second-order valence-corrected chi connectivity index (χ2v) is 6.22. The van der Waals surface area contributed by atoms with Crippen LogP contribution in [0.3, 0.4) is 0 Å². The third-order valence-electron chi connectivity index (χ3n) is 3.63. The van der Waals surface area contributed by atoms with E-state index >= 15 is 0 Å². The van der Waals surface area contributed by atoms with Gasteiger partial charge in [-0.05, 0) is 30.1 Å². The van der Waals surface area contributed by atoms with Crippen LogP contribution in [0.2, 0.25) is 0 Å². The van der Waals surface area contributed by atoms with E-state index in [4.69, 9.17) is 4.74 Å². The predicted molar refractivity (Wildman–Crippen MR) is 93.3 cm³/mol. The van der Waals surface area contributed by atoms with Crippen LogP contribution >= 0.6 is 11.9 Å². The number of nitrogens with zero attached hydrogens (tertiary/aromatic N) is 1. The molecule has 2 heterocycles. The molecule has 1 saturated heterocycles. The van der Waals surface area contributed by atoms with Gasteiger partial charge in [-0.15, -0.1) is 0 Å². The SMILES string of the molecule is CC(=O)NC[C@H]1CN(c2ccc(NC(=O)C3=CSNN3)c(F)c2)C(=O)O1. The van der Waals surface area contributed by atoms with E-state index < -0.39 is 23.9 Å². The number of nitrogens with one attached hydrogen (secondary N) is 4. The average molecular weight is 381 g/mol. The third-order valence-corrected chi connectivity index (χ3v) is 4.20. The monoisotopic (exact) mass is 381 g/mol. The maximum atomic E-state index is 14.3. The summed E-state index contributed by atoms with van der Waals surface area (Å²) in [4.78, 5) is 38.8. The normalized spacial score (nSPS) is 18.8. The number of cyclic esters (lactones) is 1. The Bertz CT molecular complexity index is 787. The van der Waals surface area contributed by atoms with Crippen molar-refractivity contribution in [2.75, 3.05) is 23.3 Å². The summed E-state index contributed by atoms with van der Waals surface area (Å²) in [6, 6.07) is 4.01. The summed E-state index contributed by atoms with van der Waals surface area (Å²) in [5.74, 6) is -1.41. The fourth-order valence-corrected chi connectivity index (χ4v) is 2.88. The van der Waals surface area contributed by atoms with Crippen LogP contribution in [0.1, 0.15) is 6.92 Å². The maximum Gasteiger partial charge on any atom is 0.414 e. The number of rotatable bonds is 5. The number of amides is 3. The van der Waals surface area contributed by atoms with Crippen LogP contribution in [0.15, 0.2) is 29.3 Å². The number of hydrogen-bond donors (Lipinski definition) is 4. The molecule has 26 heavy (non-hydrogen) atoms. The standard InChI is InChI=1S/C15H16FN5O4S/c1-8(22)17-5-10-6-21(15(24)25-10)9-2-3-12(11(16)4-9)18-14(23)13-7-26-20-19-13/h2-4,7,10,19-20H,5-6H2,1H3,(H,17,22)(H,18,23)/t10-/m0/s1. The number of hydrazine groups is 1. The molecular weight excluding hydrogens is 365 g/mol. The molecule has 1 aromatic carbocycles. The van der Waals surface area contributed by atoms with Gasteiger partial charge in [0.1, 0.15) is 17.6 Å². The number of halogens is 1. The van der Waals surface area contributed by atoms with E-state index in [2.05, 4.69) is 20.9 Å². The number of hydrogen-bond acceptors (Lipinski definition) is 7. The van der Waals surface area contributed by atoms with Gasteiger partial charge >= 0.3 is 6.09 Å². The van der Waals surface area contributed by atoms with Crippen molar-refractivity contribution >= 4 is 41.2 Å². The smallest absolute Gasteiger partial charge is 0.414 e. The van der Waals surface area contributed by atoms with Crippen molar-refractivity contribution in [3.63, 3.8) is 0 Å². The quantitative estimate of drug-likeness (QED) is 0.559.